The first-order valence-electron chi connectivity index (χ1n) is 13.3. The van der Waals surface area contributed by atoms with Gasteiger partial charge in [-0.1, -0.05) is 46.3 Å². The van der Waals surface area contributed by atoms with Crippen molar-refractivity contribution >= 4 is 0 Å². The van der Waals surface area contributed by atoms with E-state index in [0.29, 0.717) is 34.7 Å². The van der Waals surface area contributed by atoms with Crippen molar-refractivity contribution in [2.75, 3.05) is 6.61 Å². The summed E-state index contributed by atoms with van der Waals surface area (Å²) in [7, 11) is 0. The summed E-state index contributed by atoms with van der Waals surface area (Å²) < 4.78 is 13.4. The fourth-order valence-electron chi connectivity index (χ4n) is 9.86. The van der Waals surface area contributed by atoms with Crippen molar-refractivity contribution in [2.24, 2.45) is 52.3 Å². The molecule has 5 fully saturated rings. The predicted octanol–water partition coefficient (Wildman–Crippen LogP) is 6.99. The molecule has 168 valence electrons. The molecule has 0 radical (unpaired) electrons. The molecule has 2 heteroatoms. The van der Waals surface area contributed by atoms with Crippen LogP contribution in [0, 0.1) is 52.3 Å². The third-order valence-electron chi connectivity index (χ3n) is 11.6. The van der Waals surface area contributed by atoms with Crippen LogP contribution in [0.25, 0.3) is 0 Å². The lowest BCUT2D eigenvalue weighted by atomic mass is 9.46. The zero-order valence-corrected chi connectivity index (χ0v) is 20.1. The highest BCUT2D eigenvalue weighted by Crippen LogP contribution is 2.70. The molecule has 2 saturated heterocycles. The lowest BCUT2D eigenvalue weighted by Crippen LogP contribution is -2.52. The number of ether oxygens (including phenoxy) is 2. The van der Waals surface area contributed by atoms with Crippen molar-refractivity contribution < 1.29 is 9.47 Å². The van der Waals surface area contributed by atoms with Crippen LogP contribution in [0.2, 0.25) is 0 Å². The Morgan fingerprint density at radius 1 is 0.933 bits per heavy atom. The molecule has 0 amide bonds. The molecule has 1 unspecified atom stereocenters. The maximum absolute atomic E-state index is 6.92. The third kappa shape index (κ3) is 2.56. The summed E-state index contributed by atoms with van der Waals surface area (Å²) in [6.07, 6.45) is 15.3. The molecule has 2 heterocycles. The first-order valence-corrected chi connectivity index (χ1v) is 13.3. The second-order valence-corrected chi connectivity index (χ2v) is 13.1. The second kappa shape index (κ2) is 6.60. The first-order chi connectivity index (χ1) is 14.3. The molecule has 6 aliphatic rings. The molecule has 0 aromatic heterocycles. The topological polar surface area (TPSA) is 18.5 Å². The van der Waals surface area contributed by atoms with Gasteiger partial charge in [0.05, 0.1) is 12.7 Å². The van der Waals surface area contributed by atoms with Gasteiger partial charge in [-0.15, -0.1) is 0 Å². The van der Waals surface area contributed by atoms with Gasteiger partial charge in [0.15, 0.2) is 5.79 Å². The van der Waals surface area contributed by atoms with E-state index in [2.05, 4.69) is 40.7 Å². The standard InChI is InChI=1S/C28H44O2/c1-17-8-11-26(4)20(14-17)6-7-21-22(26)10-12-27(5)23(21)15-24-25(27)19(3)28(30-24)13-9-18(2)16-29-28/h6,17-19,21-25H,7-16H2,1-5H3/t17-,18?,19-,21+,22-,23-,24-,25-,26-,27-,28+/m0/s1. The van der Waals surface area contributed by atoms with E-state index in [4.69, 9.17) is 9.47 Å². The molecule has 4 aliphatic carbocycles. The largest absolute Gasteiger partial charge is 0.349 e. The fraction of sp³-hybridized carbons (Fsp3) is 0.929. The maximum Gasteiger partial charge on any atom is 0.171 e. The molecule has 0 aromatic carbocycles. The van der Waals surface area contributed by atoms with Gasteiger partial charge in [-0.2, -0.15) is 0 Å². The van der Waals surface area contributed by atoms with Gasteiger partial charge in [-0.3, -0.25) is 0 Å². The van der Waals surface area contributed by atoms with Gasteiger partial charge in [0.1, 0.15) is 0 Å². The van der Waals surface area contributed by atoms with Gasteiger partial charge < -0.3 is 9.47 Å². The van der Waals surface area contributed by atoms with Crippen LogP contribution < -0.4 is 0 Å². The zero-order chi connectivity index (χ0) is 20.9. The van der Waals surface area contributed by atoms with E-state index >= 15 is 0 Å². The van der Waals surface area contributed by atoms with E-state index in [1.54, 1.807) is 0 Å². The van der Waals surface area contributed by atoms with Crippen LogP contribution in [0.4, 0.5) is 0 Å². The normalized spacial score (nSPS) is 59.8. The summed E-state index contributed by atoms with van der Waals surface area (Å²) in [4.78, 5) is 0. The van der Waals surface area contributed by atoms with Gasteiger partial charge >= 0.3 is 0 Å². The van der Waals surface area contributed by atoms with Gasteiger partial charge in [0.2, 0.25) is 0 Å². The average Bonchev–Trinajstić information content (AvgIpc) is 3.16. The van der Waals surface area contributed by atoms with Crippen LogP contribution in [0.15, 0.2) is 11.6 Å². The monoisotopic (exact) mass is 412 g/mol. The van der Waals surface area contributed by atoms with Crippen LogP contribution in [0.5, 0.6) is 0 Å². The van der Waals surface area contributed by atoms with Crippen molar-refractivity contribution in [3.05, 3.63) is 11.6 Å². The number of allylic oxidation sites excluding steroid dienone is 2. The van der Waals surface area contributed by atoms with Crippen molar-refractivity contribution in [1.82, 2.24) is 0 Å². The van der Waals surface area contributed by atoms with Crippen molar-refractivity contribution in [3.63, 3.8) is 0 Å². The minimum atomic E-state index is -0.266. The number of fused-ring (bicyclic) bond motifs is 7. The number of hydrogen-bond donors (Lipinski definition) is 0. The zero-order valence-electron chi connectivity index (χ0n) is 20.1. The summed E-state index contributed by atoms with van der Waals surface area (Å²) in [5.41, 5.74) is 2.77. The molecular weight excluding hydrogens is 368 g/mol. The number of hydrogen-bond acceptors (Lipinski definition) is 2. The molecule has 3 saturated carbocycles. The van der Waals surface area contributed by atoms with Crippen molar-refractivity contribution in [3.8, 4) is 0 Å². The van der Waals surface area contributed by atoms with Gasteiger partial charge in [0, 0.05) is 12.3 Å². The van der Waals surface area contributed by atoms with Crippen molar-refractivity contribution in [2.45, 2.75) is 104 Å². The van der Waals surface area contributed by atoms with E-state index in [-0.39, 0.29) is 5.79 Å². The predicted molar refractivity (Wildman–Crippen MR) is 121 cm³/mol. The van der Waals surface area contributed by atoms with Crippen LogP contribution in [0.1, 0.15) is 92.4 Å². The summed E-state index contributed by atoms with van der Waals surface area (Å²) >= 11 is 0. The van der Waals surface area contributed by atoms with Gasteiger partial charge in [0.25, 0.3) is 0 Å². The fourth-order valence-corrected chi connectivity index (χ4v) is 9.86. The molecule has 0 bridgehead atoms. The van der Waals surface area contributed by atoms with Gasteiger partial charge in [-0.25, -0.2) is 0 Å². The molecule has 11 atom stereocenters. The highest BCUT2D eigenvalue weighted by molar-refractivity contribution is 5.26. The Kier molecular flexibility index (Phi) is 4.46. The molecular formula is C28H44O2. The van der Waals surface area contributed by atoms with E-state index in [0.717, 1.165) is 36.7 Å². The Morgan fingerprint density at radius 2 is 1.73 bits per heavy atom. The first kappa shape index (κ1) is 20.3. The second-order valence-electron chi connectivity index (χ2n) is 13.1. The van der Waals surface area contributed by atoms with Crippen molar-refractivity contribution in [1.29, 1.82) is 0 Å². The number of rotatable bonds is 0. The van der Waals surface area contributed by atoms with Crippen LogP contribution in [0.3, 0.4) is 0 Å². The molecule has 0 N–H and O–H groups in total. The minimum Gasteiger partial charge on any atom is -0.349 e. The Balaban J connectivity index is 1.28. The highest BCUT2D eigenvalue weighted by atomic mass is 16.7. The lowest BCUT2D eigenvalue weighted by molar-refractivity contribution is -0.272. The maximum atomic E-state index is 6.92. The molecule has 1 spiro atoms. The summed E-state index contributed by atoms with van der Waals surface area (Å²) in [6, 6.07) is 0. The Hall–Kier alpha value is -0.340. The van der Waals surface area contributed by atoms with E-state index in [1.165, 1.54) is 51.4 Å². The smallest absolute Gasteiger partial charge is 0.171 e. The third-order valence-corrected chi connectivity index (χ3v) is 11.6. The summed E-state index contributed by atoms with van der Waals surface area (Å²) in [5, 5.41) is 0. The molecule has 2 aliphatic heterocycles. The van der Waals surface area contributed by atoms with E-state index in [9.17, 15) is 0 Å². The van der Waals surface area contributed by atoms with Crippen LogP contribution in [-0.4, -0.2) is 18.5 Å². The van der Waals surface area contributed by atoms with Gasteiger partial charge in [-0.05, 0) is 97.7 Å². The Morgan fingerprint density at radius 3 is 2.50 bits per heavy atom. The highest BCUT2D eigenvalue weighted by Gasteiger charge is 2.68. The SMILES string of the molecule is CC1CC[C@@]2(OC1)O[C@H]1C[C@H]3[C@@H]4CC=C5C[C@@H](C)CC[C@]5(C)[C@H]4CC[C@]3(C)[C@H]1[C@@H]2C. The quantitative estimate of drug-likeness (QED) is 0.399. The lowest BCUT2D eigenvalue weighted by Gasteiger charge is -2.58. The van der Waals surface area contributed by atoms with E-state index < -0.39 is 0 Å². The van der Waals surface area contributed by atoms with E-state index in [1.807, 2.05) is 5.57 Å². The molecule has 2 nitrogen and oxygen atoms in total. The average molecular weight is 413 g/mol. The van der Waals surface area contributed by atoms with Crippen LogP contribution >= 0.6 is 0 Å². The Labute approximate surface area is 184 Å². The minimum absolute atomic E-state index is 0.266. The molecule has 0 aromatic rings. The summed E-state index contributed by atoms with van der Waals surface area (Å²) in [6.45, 7) is 13.5. The molecule has 6 rings (SSSR count). The van der Waals surface area contributed by atoms with Crippen LogP contribution in [-0.2, 0) is 9.47 Å². The summed E-state index contributed by atoms with van der Waals surface area (Å²) in [5.74, 6) is 5.20. The molecule has 30 heavy (non-hydrogen) atoms. The Bertz CT molecular complexity index is 733.